The SMILES string of the molecule is C=CC1(C)CCC2C(CCC3C(C)(C)CCCC23C)O1. The topological polar surface area (TPSA) is 9.23 Å². The highest BCUT2D eigenvalue weighted by molar-refractivity contribution is 5.08. The average molecular weight is 276 g/mol. The first kappa shape index (κ1) is 14.6. The zero-order chi connectivity index (χ0) is 14.6. The molecule has 3 fully saturated rings. The van der Waals surface area contributed by atoms with Crippen LogP contribution in [0.3, 0.4) is 0 Å². The van der Waals surface area contributed by atoms with E-state index in [4.69, 9.17) is 4.74 Å². The third kappa shape index (κ3) is 2.08. The molecule has 1 heteroatoms. The third-order valence-corrected chi connectivity index (χ3v) is 7.12. The summed E-state index contributed by atoms with van der Waals surface area (Å²) in [7, 11) is 0. The normalized spacial score (nSPS) is 50.9. The van der Waals surface area contributed by atoms with E-state index in [-0.39, 0.29) is 5.60 Å². The van der Waals surface area contributed by atoms with E-state index in [1.807, 2.05) is 6.08 Å². The van der Waals surface area contributed by atoms with Gasteiger partial charge in [0, 0.05) is 0 Å². The number of hydrogen-bond donors (Lipinski definition) is 0. The molecule has 1 aliphatic heterocycles. The molecule has 3 rings (SSSR count). The summed E-state index contributed by atoms with van der Waals surface area (Å²) in [5.41, 5.74) is 0.957. The molecule has 0 N–H and O–H groups in total. The van der Waals surface area contributed by atoms with Crippen LogP contribution < -0.4 is 0 Å². The van der Waals surface area contributed by atoms with Gasteiger partial charge in [0.05, 0.1) is 11.7 Å². The smallest absolute Gasteiger partial charge is 0.0835 e. The van der Waals surface area contributed by atoms with Crippen molar-refractivity contribution in [2.24, 2.45) is 22.7 Å². The minimum atomic E-state index is -0.0749. The first-order valence-electron chi connectivity index (χ1n) is 8.62. The van der Waals surface area contributed by atoms with Gasteiger partial charge in [-0.15, -0.1) is 6.58 Å². The minimum absolute atomic E-state index is 0.0749. The molecule has 2 aliphatic carbocycles. The van der Waals surface area contributed by atoms with E-state index in [1.165, 1.54) is 38.5 Å². The summed E-state index contributed by atoms with van der Waals surface area (Å²) in [5, 5.41) is 0. The molecular formula is C19H32O. The van der Waals surface area contributed by atoms with Gasteiger partial charge in [-0.05, 0) is 68.1 Å². The summed E-state index contributed by atoms with van der Waals surface area (Å²) < 4.78 is 6.49. The van der Waals surface area contributed by atoms with E-state index in [9.17, 15) is 0 Å². The van der Waals surface area contributed by atoms with Crippen molar-refractivity contribution >= 4 is 0 Å². The fourth-order valence-electron chi connectivity index (χ4n) is 5.94. The summed E-state index contributed by atoms with van der Waals surface area (Å²) in [5.74, 6) is 1.66. The lowest BCUT2D eigenvalue weighted by atomic mass is 9.47. The van der Waals surface area contributed by atoms with Crippen LogP contribution in [0.25, 0.3) is 0 Å². The van der Waals surface area contributed by atoms with Gasteiger partial charge in [0.1, 0.15) is 0 Å². The van der Waals surface area contributed by atoms with Crippen LogP contribution in [0.1, 0.15) is 72.6 Å². The second-order valence-electron chi connectivity index (χ2n) is 8.80. The van der Waals surface area contributed by atoms with Gasteiger partial charge in [0.25, 0.3) is 0 Å². The highest BCUT2D eigenvalue weighted by Crippen LogP contribution is 2.62. The van der Waals surface area contributed by atoms with Crippen molar-refractivity contribution in [3.05, 3.63) is 12.7 Å². The van der Waals surface area contributed by atoms with Gasteiger partial charge >= 0.3 is 0 Å². The summed E-state index contributed by atoms with van der Waals surface area (Å²) in [6, 6.07) is 0. The zero-order valence-corrected chi connectivity index (χ0v) is 13.9. The molecule has 0 radical (unpaired) electrons. The number of rotatable bonds is 1. The van der Waals surface area contributed by atoms with E-state index in [0.717, 1.165) is 18.3 Å². The molecule has 2 saturated carbocycles. The van der Waals surface area contributed by atoms with Crippen LogP contribution in [0.15, 0.2) is 12.7 Å². The predicted octanol–water partition coefficient (Wildman–Crippen LogP) is 5.35. The molecule has 114 valence electrons. The van der Waals surface area contributed by atoms with E-state index in [2.05, 4.69) is 34.3 Å². The third-order valence-electron chi connectivity index (χ3n) is 7.12. The van der Waals surface area contributed by atoms with E-state index >= 15 is 0 Å². The lowest BCUT2D eigenvalue weighted by Gasteiger charge is -2.61. The highest BCUT2D eigenvalue weighted by atomic mass is 16.5. The molecule has 1 nitrogen and oxygen atoms in total. The van der Waals surface area contributed by atoms with Crippen LogP contribution in [-0.4, -0.2) is 11.7 Å². The fraction of sp³-hybridized carbons (Fsp3) is 0.895. The van der Waals surface area contributed by atoms with Gasteiger partial charge in [-0.1, -0.05) is 33.3 Å². The number of ether oxygens (including phenoxy) is 1. The molecule has 1 saturated heterocycles. The lowest BCUT2D eigenvalue weighted by Crippen LogP contribution is -2.57. The van der Waals surface area contributed by atoms with Crippen LogP contribution in [0.2, 0.25) is 0 Å². The van der Waals surface area contributed by atoms with Crippen molar-refractivity contribution in [2.45, 2.75) is 84.3 Å². The Labute approximate surface area is 125 Å². The zero-order valence-electron chi connectivity index (χ0n) is 13.9. The first-order valence-corrected chi connectivity index (χ1v) is 8.62. The van der Waals surface area contributed by atoms with Crippen molar-refractivity contribution in [3.8, 4) is 0 Å². The molecule has 0 amide bonds. The van der Waals surface area contributed by atoms with Crippen molar-refractivity contribution in [1.82, 2.24) is 0 Å². The van der Waals surface area contributed by atoms with Gasteiger partial charge < -0.3 is 4.74 Å². The lowest BCUT2D eigenvalue weighted by molar-refractivity contribution is -0.202. The number of fused-ring (bicyclic) bond motifs is 3. The number of hydrogen-bond acceptors (Lipinski definition) is 1. The van der Waals surface area contributed by atoms with Gasteiger partial charge in [-0.25, -0.2) is 0 Å². The molecule has 0 bridgehead atoms. The molecule has 1 heterocycles. The van der Waals surface area contributed by atoms with Crippen molar-refractivity contribution in [1.29, 1.82) is 0 Å². The minimum Gasteiger partial charge on any atom is -0.368 e. The first-order chi connectivity index (χ1) is 9.31. The molecule has 5 atom stereocenters. The summed E-state index contributed by atoms with van der Waals surface area (Å²) in [6.45, 7) is 13.8. The Hall–Kier alpha value is -0.300. The molecule has 20 heavy (non-hydrogen) atoms. The Kier molecular flexibility index (Phi) is 3.36. The van der Waals surface area contributed by atoms with E-state index in [0.29, 0.717) is 16.9 Å². The highest BCUT2D eigenvalue weighted by Gasteiger charge is 2.56. The van der Waals surface area contributed by atoms with E-state index < -0.39 is 0 Å². The molecule has 5 unspecified atom stereocenters. The van der Waals surface area contributed by atoms with Crippen molar-refractivity contribution < 1.29 is 4.74 Å². The Balaban J connectivity index is 1.87. The van der Waals surface area contributed by atoms with Gasteiger partial charge in [-0.3, -0.25) is 0 Å². The molecule has 0 aromatic rings. The maximum atomic E-state index is 6.49. The Bertz CT molecular complexity index is 399. The second-order valence-corrected chi connectivity index (χ2v) is 8.80. The Morgan fingerprint density at radius 1 is 1.00 bits per heavy atom. The second kappa shape index (κ2) is 4.60. The predicted molar refractivity (Wildman–Crippen MR) is 84.7 cm³/mol. The fourth-order valence-corrected chi connectivity index (χ4v) is 5.94. The summed E-state index contributed by atoms with van der Waals surface area (Å²) >= 11 is 0. The van der Waals surface area contributed by atoms with Crippen molar-refractivity contribution in [3.63, 3.8) is 0 Å². The van der Waals surface area contributed by atoms with Gasteiger partial charge in [-0.2, -0.15) is 0 Å². The molecule has 3 aliphatic rings. The summed E-state index contributed by atoms with van der Waals surface area (Å²) in [6.07, 6.45) is 11.8. The Morgan fingerprint density at radius 2 is 1.75 bits per heavy atom. The van der Waals surface area contributed by atoms with E-state index in [1.54, 1.807) is 0 Å². The van der Waals surface area contributed by atoms with Crippen LogP contribution in [0.4, 0.5) is 0 Å². The average Bonchev–Trinajstić information content (AvgIpc) is 2.37. The maximum Gasteiger partial charge on any atom is 0.0835 e. The van der Waals surface area contributed by atoms with Gasteiger partial charge in [0.2, 0.25) is 0 Å². The van der Waals surface area contributed by atoms with Crippen LogP contribution in [-0.2, 0) is 4.74 Å². The molecule has 0 aromatic heterocycles. The maximum absolute atomic E-state index is 6.49. The standard InChI is InChI=1S/C19H32O/c1-6-18(4)13-10-14-15(20-18)8-9-16-17(2,3)11-7-12-19(14,16)5/h6,14-16H,1,7-13H2,2-5H3. The summed E-state index contributed by atoms with van der Waals surface area (Å²) in [4.78, 5) is 0. The van der Waals surface area contributed by atoms with Crippen LogP contribution >= 0.6 is 0 Å². The Morgan fingerprint density at radius 3 is 2.45 bits per heavy atom. The molecule has 0 spiro atoms. The van der Waals surface area contributed by atoms with Crippen LogP contribution in [0.5, 0.6) is 0 Å². The quantitative estimate of drug-likeness (QED) is 0.586. The molecule has 0 aromatic carbocycles. The van der Waals surface area contributed by atoms with Crippen molar-refractivity contribution in [2.75, 3.05) is 0 Å². The van der Waals surface area contributed by atoms with Crippen LogP contribution in [0, 0.1) is 22.7 Å². The monoisotopic (exact) mass is 276 g/mol. The van der Waals surface area contributed by atoms with Gasteiger partial charge in [0.15, 0.2) is 0 Å². The molecular weight excluding hydrogens is 244 g/mol. The largest absolute Gasteiger partial charge is 0.368 e.